The standard InChI is InChI=1S/C12H18BrN3O/c1-9-2-4-12(7-17,5-3-9)16-11-10(13)6-14-8-15-11/h6,8-9,17H,2-5,7H2,1H3,(H,14,15,16). The summed E-state index contributed by atoms with van der Waals surface area (Å²) in [5.41, 5.74) is -0.219. The first-order valence-corrected chi connectivity index (χ1v) is 6.79. The number of nitrogens with one attached hydrogen (secondary N) is 1. The van der Waals surface area contributed by atoms with Crippen LogP contribution in [0.4, 0.5) is 5.82 Å². The van der Waals surface area contributed by atoms with E-state index in [4.69, 9.17) is 0 Å². The first-order chi connectivity index (χ1) is 8.15. The highest BCUT2D eigenvalue weighted by molar-refractivity contribution is 9.10. The predicted molar refractivity (Wildman–Crippen MR) is 70.8 cm³/mol. The van der Waals surface area contributed by atoms with E-state index in [0.717, 1.165) is 41.9 Å². The van der Waals surface area contributed by atoms with Gasteiger partial charge >= 0.3 is 0 Å². The lowest BCUT2D eigenvalue weighted by atomic mass is 9.77. The second-order valence-corrected chi connectivity index (χ2v) is 5.82. The van der Waals surface area contributed by atoms with Crippen molar-refractivity contribution in [1.82, 2.24) is 9.97 Å². The van der Waals surface area contributed by atoms with Crippen molar-refractivity contribution in [3.8, 4) is 0 Å². The first-order valence-electron chi connectivity index (χ1n) is 6.00. The Labute approximate surface area is 110 Å². The molecule has 1 fully saturated rings. The van der Waals surface area contributed by atoms with E-state index >= 15 is 0 Å². The zero-order valence-corrected chi connectivity index (χ0v) is 11.6. The third-order valence-electron chi connectivity index (χ3n) is 3.59. The molecule has 17 heavy (non-hydrogen) atoms. The summed E-state index contributed by atoms with van der Waals surface area (Å²) >= 11 is 3.42. The minimum atomic E-state index is -0.219. The van der Waals surface area contributed by atoms with E-state index in [0.29, 0.717) is 0 Å². The molecule has 0 atom stereocenters. The molecule has 0 aliphatic heterocycles. The Morgan fingerprint density at radius 2 is 2.24 bits per heavy atom. The second kappa shape index (κ2) is 5.31. The molecule has 94 valence electrons. The Balaban J connectivity index is 2.12. The fourth-order valence-electron chi connectivity index (χ4n) is 2.29. The summed E-state index contributed by atoms with van der Waals surface area (Å²) in [5, 5.41) is 13.0. The molecule has 1 aliphatic carbocycles. The van der Waals surface area contributed by atoms with Crippen LogP contribution in [0.3, 0.4) is 0 Å². The van der Waals surface area contributed by atoms with Crippen molar-refractivity contribution in [2.75, 3.05) is 11.9 Å². The van der Waals surface area contributed by atoms with Crippen LogP contribution in [0.2, 0.25) is 0 Å². The van der Waals surface area contributed by atoms with Crippen LogP contribution in [0.25, 0.3) is 0 Å². The molecule has 0 radical (unpaired) electrons. The minimum Gasteiger partial charge on any atom is -0.394 e. The van der Waals surface area contributed by atoms with Crippen LogP contribution >= 0.6 is 15.9 Å². The van der Waals surface area contributed by atoms with Crippen molar-refractivity contribution in [2.24, 2.45) is 5.92 Å². The molecule has 0 bridgehead atoms. The molecular weight excluding hydrogens is 282 g/mol. The molecule has 0 saturated heterocycles. The zero-order chi connectivity index (χ0) is 12.3. The molecule has 0 spiro atoms. The Hall–Kier alpha value is -0.680. The average molecular weight is 300 g/mol. The molecular formula is C12H18BrN3O. The van der Waals surface area contributed by atoms with Gasteiger partial charge in [-0.3, -0.25) is 0 Å². The molecule has 1 aliphatic rings. The number of anilines is 1. The summed E-state index contributed by atoms with van der Waals surface area (Å²) in [6.45, 7) is 2.41. The van der Waals surface area contributed by atoms with E-state index in [-0.39, 0.29) is 12.1 Å². The number of halogens is 1. The van der Waals surface area contributed by atoms with E-state index in [1.54, 1.807) is 6.20 Å². The predicted octanol–water partition coefficient (Wildman–Crippen LogP) is 2.59. The molecule has 1 heterocycles. The van der Waals surface area contributed by atoms with Gasteiger partial charge < -0.3 is 10.4 Å². The number of aliphatic hydroxyl groups excluding tert-OH is 1. The van der Waals surface area contributed by atoms with Crippen LogP contribution in [-0.2, 0) is 0 Å². The van der Waals surface area contributed by atoms with Crippen molar-refractivity contribution in [3.63, 3.8) is 0 Å². The lowest BCUT2D eigenvalue weighted by Crippen LogP contribution is -2.45. The quantitative estimate of drug-likeness (QED) is 0.901. The lowest BCUT2D eigenvalue weighted by molar-refractivity contribution is 0.155. The van der Waals surface area contributed by atoms with Crippen LogP contribution in [0.1, 0.15) is 32.6 Å². The topological polar surface area (TPSA) is 58.0 Å². The molecule has 2 N–H and O–H groups in total. The van der Waals surface area contributed by atoms with E-state index in [2.05, 4.69) is 38.1 Å². The largest absolute Gasteiger partial charge is 0.394 e. The highest BCUT2D eigenvalue weighted by atomic mass is 79.9. The van der Waals surface area contributed by atoms with Gasteiger partial charge in [-0.15, -0.1) is 0 Å². The normalized spacial score (nSPS) is 29.0. The number of nitrogens with zero attached hydrogens (tertiary/aromatic N) is 2. The lowest BCUT2D eigenvalue weighted by Gasteiger charge is -2.39. The van der Waals surface area contributed by atoms with Gasteiger partial charge in [-0.2, -0.15) is 0 Å². The van der Waals surface area contributed by atoms with E-state index in [9.17, 15) is 5.11 Å². The SMILES string of the molecule is CC1CCC(CO)(Nc2ncncc2Br)CC1. The van der Waals surface area contributed by atoms with E-state index in [1.807, 2.05) is 0 Å². The zero-order valence-electron chi connectivity index (χ0n) is 9.99. The fourth-order valence-corrected chi connectivity index (χ4v) is 2.61. The maximum absolute atomic E-state index is 9.66. The molecule has 1 aromatic rings. The van der Waals surface area contributed by atoms with E-state index in [1.165, 1.54) is 6.33 Å². The summed E-state index contributed by atoms with van der Waals surface area (Å²) < 4.78 is 0.839. The molecule has 2 rings (SSSR count). The highest BCUT2D eigenvalue weighted by Crippen LogP contribution is 2.35. The van der Waals surface area contributed by atoms with Crippen LogP contribution in [-0.4, -0.2) is 27.2 Å². The molecule has 0 aromatic carbocycles. The highest BCUT2D eigenvalue weighted by Gasteiger charge is 2.34. The Kier molecular flexibility index (Phi) is 3.99. The molecule has 0 unspecified atom stereocenters. The molecule has 5 heteroatoms. The Morgan fingerprint density at radius 3 is 2.82 bits per heavy atom. The van der Waals surface area contributed by atoms with Crippen molar-refractivity contribution >= 4 is 21.7 Å². The number of rotatable bonds is 3. The van der Waals surface area contributed by atoms with Crippen LogP contribution in [0.5, 0.6) is 0 Å². The maximum atomic E-state index is 9.66. The molecule has 1 aromatic heterocycles. The van der Waals surface area contributed by atoms with Gasteiger partial charge in [0.1, 0.15) is 12.1 Å². The van der Waals surface area contributed by atoms with Crippen molar-refractivity contribution in [1.29, 1.82) is 0 Å². The minimum absolute atomic E-state index is 0.149. The summed E-state index contributed by atoms with van der Waals surface area (Å²) in [6, 6.07) is 0. The monoisotopic (exact) mass is 299 g/mol. The summed E-state index contributed by atoms with van der Waals surface area (Å²) in [6.07, 6.45) is 7.50. The summed E-state index contributed by atoms with van der Waals surface area (Å²) in [5.74, 6) is 1.52. The maximum Gasteiger partial charge on any atom is 0.144 e. The van der Waals surface area contributed by atoms with Crippen LogP contribution in [0.15, 0.2) is 17.0 Å². The number of aliphatic hydroxyl groups is 1. The van der Waals surface area contributed by atoms with Gasteiger partial charge in [-0.25, -0.2) is 9.97 Å². The van der Waals surface area contributed by atoms with Crippen molar-refractivity contribution in [3.05, 3.63) is 17.0 Å². The van der Waals surface area contributed by atoms with Gasteiger partial charge in [0.25, 0.3) is 0 Å². The summed E-state index contributed by atoms with van der Waals surface area (Å²) in [7, 11) is 0. The first kappa shape index (κ1) is 12.8. The number of hydrogen-bond acceptors (Lipinski definition) is 4. The smallest absolute Gasteiger partial charge is 0.144 e. The third-order valence-corrected chi connectivity index (χ3v) is 4.17. The van der Waals surface area contributed by atoms with Gasteiger partial charge in [0.15, 0.2) is 0 Å². The van der Waals surface area contributed by atoms with Gasteiger partial charge in [0, 0.05) is 6.20 Å². The molecule has 4 nitrogen and oxygen atoms in total. The second-order valence-electron chi connectivity index (χ2n) is 4.97. The molecule has 1 saturated carbocycles. The number of aromatic nitrogens is 2. The Bertz CT molecular complexity index is 378. The number of hydrogen-bond donors (Lipinski definition) is 2. The Morgan fingerprint density at radius 1 is 1.53 bits per heavy atom. The van der Waals surface area contributed by atoms with Gasteiger partial charge in [-0.1, -0.05) is 6.92 Å². The van der Waals surface area contributed by atoms with Crippen LogP contribution in [0, 0.1) is 5.92 Å². The van der Waals surface area contributed by atoms with Gasteiger partial charge in [0.05, 0.1) is 16.6 Å². The van der Waals surface area contributed by atoms with Crippen LogP contribution < -0.4 is 5.32 Å². The fraction of sp³-hybridized carbons (Fsp3) is 0.667. The van der Waals surface area contributed by atoms with Gasteiger partial charge in [0.2, 0.25) is 0 Å². The van der Waals surface area contributed by atoms with Gasteiger partial charge in [-0.05, 0) is 47.5 Å². The average Bonchev–Trinajstić information content (AvgIpc) is 2.35. The molecule has 0 amide bonds. The van der Waals surface area contributed by atoms with Crippen molar-refractivity contribution < 1.29 is 5.11 Å². The van der Waals surface area contributed by atoms with Crippen molar-refractivity contribution in [2.45, 2.75) is 38.1 Å². The van der Waals surface area contributed by atoms with E-state index < -0.39 is 0 Å². The third kappa shape index (κ3) is 2.96. The summed E-state index contributed by atoms with van der Waals surface area (Å²) in [4.78, 5) is 8.14.